The Bertz CT molecular complexity index is 296. The first-order valence-corrected chi connectivity index (χ1v) is 6.14. The van der Waals surface area contributed by atoms with E-state index in [4.69, 9.17) is 4.74 Å². The number of hydrogen-bond acceptors (Lipinski definition) is 3. The first-order valence-electron chi connectivity index (χ1n) is 6.14. The lowest BCUT2D eigenvalue weighted by atomic mass is 10.1. The maximum atomic E-state index is 5.72. The number of nitrogens with one attached hydrogen (secondary N) is 1. The quantitative estimate of drug-likeness (QED) is 0.825. The third-order valence-electron chi connectivity index (χ3n) is 3.14. The second kappa shape index (κ2) is 5.97. The first-order chi connectivity index (χ1) is 7.90. The summed E-state index contributed by atoms with van der Waals surface area (Å²) in [7, 11) is 0. The highest BCUT2D eigenvalue weighted by atomic mass is 16.5. The Morgan fingerprint density at radius 3 is 3.19 bits per heavy atom. The Labute approximate surface area is 97.2 Å². The summed E-state index contributed by atoms with van der Waals surface area (Å²) >= 11 is 0. The van der Waals surface area contributed by atoms with Gasteiger partial charge in [-0.25, -0.2) is 0 Å². The summed E-state index contributed by atoms with van der Waals surface area (Å²) in [4.78, 5) is 4.11. The second-order valence-corrected chi connectivity index (χ2v) is 4.31. The van der Waals surface area contributed by atoms with E-state index in [-0.39, 0.29) is 0 Å². The lowest BCUT2D eigenvalue weighted by molar-refractivity contribution is 0.0764. The van der Waals surface area contributed by atoms with Crippen LogP contribution in [0.2, 0.25) is 0 Å². The Kier molecular flexibility index (Phi) is 4.31. The third-order valence-corrected chi connectivity index (χ3v) is 3.14. The SMILES string of the molecule is CCC(NCc1cccnc1)C1CCCO1. The smallest absolute Gasteiger partial charge is 0.0728 e. The fourth-order valence-corrected chi connectivity index (χ4v) is 2.21. The van der Waals surface area contributed by atoms with Crippen LogP contribution in [0.5, 0.6) is 0 Å². The molecule has 1 aromatic rings. The zero-order chi connectivity index (χ0) is 11.2. The topological polar surface area (TPSA) is 34.2 Å². The predicted molar refractivity (Wildman–Crippen MR) is 64.1 cm³/mol. The van der Waals surface area contributed by atoms with Crippen LogP contribution in [0.15, 0.2) is 24.5 Å². The van der Waals surface area contributed by atoms with Gasteiger partial charge >= 0.3 is 0 Å². The van der Waals surface area contributed by atoms with Crippen LogP contribution in [0.3, 0.4) is 0 Å². The molecule has 0 spiro atoms. The molecular weight excluding hydrogens is 200 g/mol. The maximum absolute atomic E-state index is 5.72. The molecule has 2 atom stereocenters. The van der Waals surface area contributed by atoms with Crippen molar-refractivity contribution in [2.24, 2.45) is 0 Å². The van der Waals surface area contributed by atoms with Crippen molar-refractivity contribution in [2.45, 2.75) is 44.9 Å². The second-order valence-electron chi connectivity index (χ2n) is 4.31. The molecular formula is C13H20N2O. The van der Waals surface area contributed by atoms with E-state index in [9.17, 15) is 0 Å². The summed E-state index contributed by atoms with van der Waals surface area (Å²) in [6.45, 7) is 4.02. The molecule has 88 valence electrons. The minimum absolute atomic E-state index is 0.404. The number of hydrogen-bond donors (Lipinski definition) is 1. The van der Waals surface area contributed by atoms with Crippen molar-refractivity contribution in [3.8, 4) is 0 Å². The van der Waals surface area contributed by atoms with Gasteiger partial charge in [0, 0.05) is 31.6 Å². The van der Waals surface area contributed by atoms with E-state index in [0.29, 0.717) is 12.1 Å². The number of ether oxygens (including phenoxy) is 1. The average molecular weight is 220 g/mol. The third kappa shape index (κ3) is 3.03. The predicted octanol–water partition coefficient (Wildman–Crippen LogP) is 2.13. The van der Waals surface area contributed by atoms with Crippen molar-refractivity contribution in [1.29, 1.82) is 0 Å². The molecule has 0 aliphatic carbocycles. The average Bonchev–Trinajstić information content (AvgIpc) is 2.85. The van der Waals surface area contributed by atoms with E-state index in [0.717, 1.165) is 19.6 Å². The van der Waals surface area contributed by atoms with Crippen LogP contribution in [0.4, 0.5) is 0 Å². The monoisotopic (exact) mass is 220 g/mol. The molecule has 3 nitrogen and oxygen atoms in total. The van der Waals surface area contributed by atoms with Gasteiger partial charge in [-0.1, -0.05) is 13.0 Å². The number of nitrogens with zero attached hydrogens (tertiary/aromatic N) is 1. The van der Waals surface area contributed by atoms with Gasteiger partial charge in [0.05, 0.1) is 6.10 Å². The van der Waals surface area contributed by atoms with Crippen LogP contribution in [0.25, 0.3) is 0 Å². The molecule has 1 aromatic heterocycles. The Morgan fingerprint density at radius 1 is 1.62 bits per heavy atom. The molecule has 1 N–H and O–H groups in total. The van der Waals surface area contributed by atoms with Gasteiger partial charge in [-0.15, -0.1) is 0 Å². The summed E-state index contributed by atoms with van der Waals surface area (Å²) in [5, 5.41) is 3.56. The van der Waals surface area contributed by atoms with E-state index in [2.05, 4.69) is 23.3 Å². The molecule has 16 heavy (non-hydrogen) atoms. The number of aromatic nitrogens is 1. The molecule has 0 amide bonds. The van der Waals surface area contributed by atoms with Gasteiger partial charge in [0.15, 0.2) is 0 Å². The van der Waals surface area contributed by atoms with Crippen molar-refractivity contribution >= 4 is 0 Å². The Morgan fingerprint density at radius 2 is 2.56 bits per heavy atom. The number of rotatable bonds is 5. The standard InChI is InChI=1S/C13H20N2O/c1-2-12(13-6-4-8-16-13)15-10-11-5-3-7-14-9-11/h3,5,7,9,12-13,15H,2,4,6,8,10H2,1H3. The number of pyridine rings is 1. The van der Waals surface area contributed by atoms with Gasteiger partial charge < -0.3 is 10.1 Å². The summed E-state index contributed by atoms with van der Waals surface area (Å²) in [5.41, 5.74) is 1.24. The summed E-state index contributed by atoms with van der Waals surface area (Å²) in [5.74, 6) is 0. The van der Waals surface area contributed by atoms with Crippen LogP contribution in [0, 0.1) is 0 Å². The lowest BCUT2D eigenvalue weighted by Crippen LogP contribution is -2.38. The molecule has 0 bridgehead atoms. The van der Waals surface area contributed by atoms with Gasteiger partial charge in [0.1, 0.15) is 0 Å². The minimum Gasteiger partial charge on any atom is -0.377 e. The van der Waals surface area contributed by atoms with Gasteiger partial charge in [-0.05, 0) is 30.9 Å². The van der Waals surface area contributed by atoms with Gasteiger partial charge in [0.25, 0.3) is 0 Å². The zero-order valence-electron chi connectivity index (χ0n) is 9.86. The zero-order valence-corrected chi connectivity index (χ0v) is 9.86. The van der Waals surface area contributed by atoms with Crippen molar-refractivity contribution in [2.75, 3.05) is 6.61 Å². The van der Waals surface area contributed by atoms with Crippen molar-refractivity contribution in [3.63, 3.8) is 0 Å². The van der Waals surface area contributed by atoms with Gasteiger partial charge in [-0.3, -0.25) is 4.98 Å². The molecule has 2 heterocycles. The van der Waals surface area contributed by atoms with E-state index in [1.54, 1.807) is 6.20 Å². The molecule has 3 heteroatoms. The molecule has 2 unspecified atom stereocenters. The van der Waals surface area contributed by atoms with Crippen LogP contribution in [-0.2, 0) is 11.3 Å². The first kappa shape index (κ1) is 11.6. The highest BCUT2D eigenvalue weighted by Gasteiger charge is 2.23. The van der Waals surface area contributed by atoms with Crippen molar-refractivity contribution in [3.05, 3.63) is 30.1 Å². The molecule has 1 aliphatic rings. The van der Waals surface area contributed by atoms with Crippen molar-refractivity contribution < 1.29 is 4.74 Å². The van der Waals surface area contributed by atoms with Crippen LogP contribution in [-0.4, -0.2) is 23.7 Å². The maximum Gasteiger partial charge on any atom is 0.0728 e. The lowest BCUT2D eigenvalue weighted by Gasteiger charge is -2.22. The fraction of sp³-hybridized carbons (Fsp3) is 0.615. The molecule has 1 fully saturated rings. The molecule has 1 saturated heterocycles. The molecule has 0 radical (unpaired) electrons. The summed E-state index contributed by atoms with van der Waals surface area (Å²) in [6.07, 6.45) is 7.64. The molecule has 2 rings (SSSR count). The Hall–Kier alpha value is -0.930. The van der Waals surface area contributed by atoms with E-state index in [1.807, 2.05) is 12.3 Å². The van der Waals surface area contributed by atoms with Gasteiger partial charge in [-0.2, -0.15) is 0 Å². The highest BCUT2D eigenvalue weighted by Crippen LogP contribution is 2.17. The molecule has 0 saturated carbocycles. The van der Waals surface area contributed by atoms with Crippen LogP contribution < -0.4 is 5.32 Å². The highest BCUT2D eigenvalue weighted by molar-refractivity contribution is 5.08. The van der Waals surface area contributed by atoms with Crippen molar-refractivity contribution in [1.82, 2.24) is 10.3 Å². The molecule has 0 aromatic carbocycles. The van der Waals surface area contributed by atoms with E-state index < -0.39 is 0 Å². The van der Waals surface area contributed by atoms with Crippen LogP contribution >= 0.6 is 0 Å². The largest absolute Gasteiger partial charge is 0.377 e. The summed E-state index contributed by atoms with van der Waals surface area (Å²) in [6, 6.07) is 4.55. The normalized spacial score (nSPS) is 22.2. The van der Waals surface area contributed by atoms with E-state index in [1.165, 1.54) is 18.4 Å². The van der Waals surface area contributed by atoms with Gasteiger partial charge in [0.2, 0.25) is 0 Å². The fourth-order valence-electron chi connectivity index (χ4n) is 2.21. The van der Waals surface area contributed by atoms with E-state index >= 15 is 0 Å². The Balaban J connectivity index is 1.83. The van der Waals surface area contributed by atoms with Crippen LogP contribution in [0.1, 0.15) is 31.7 Å². The molecule has 1 aliphatic heterocycles. The minimum atomic E-state index is 0.404. The summed E-state index contributed by atoms with van der Waals surface area (Å²) < 4.78 is 5.72.